The molecule has 1 unspecified atom stereocenters. The minimum atomic E-state index is -3.30. The highest BCUT2D eigenvalue weighted by atomic mass is 32.2. The summed E-state index contributed by atoms with van der Waals surface area (Å²) in [6, 6.07) is 0. The zero-order chi connectivity index (χ0) is 7.99. The molecular formula is C6H13NO2S. The number of nitrogens with two attached hydrogens (primary N) is 1. The van der Waals surface area contributed by atoms with Crippen LogP contribution in [0, 0.1) is 5.41 Å². The van der Waals surface area contributed by atoms with Crippen LogP contribution in [0.25, 0.3) is 0 Å². The fraction of sp³-hybridized carbons (Fsp3) is 1.00. The number of primary sulfonamides is 1. The van der Waals surface area contributed by atoms with Gasteiger partial charge in [0.25, 0.3) is 0 Å². The molecule has 0 aromatic heterocycles. The summed E-state index contributed by atoms with van der Waals surface area (Å²) in [5.74, 6) is 0. The van der Waals surface area contributed by atoms with E-state index in [0.717, 1.165) is 12.8 Å². The van der Waals surface area contributed by atoms with Crippen molar-refractivity contribution >= 4 is 10.0 Å². The Labute approximate surface area is 61.7 Å². The van der Waals surface area contributed by atoms with Gasteiger partial charge < -0.3 is 0 Å². The van der Waals surface area contributed by atoms with Gasteiger partial charge in [-0.2, -0.15) is 0 Å². The quantitative estimate of drug-likeness (QED) is 0.643. The summed E-state index contributed by atoms with van der Waals surface area (Å²) < 4.78 is 21.6. The molecule has 4 heteroatoms. The Hall–Kier alpha value is -0.0900. The molecule has 1 fully saturated rings. The van der Waals surface area contributed by atoms with Crippen LogP contribution in [0.2, 0.25) is 0 Å². The predicted octanol–water partition coefficient (Wildman–Crippen LogP) is 0.464. The van der Waals surface area contributed by atoms with Gasteiger partial charge in [-0.3, -0.25) is 0 Å². The molecule has 0 amide bonds. The van der Waals surface area contributed by atoms with E-state index in [-0.39, 0.29) is 10.7 Å². The van der Waals surface area contributed by atoms with E-state index in [4.69, 9.17) is 5.14 Å². The van der Waals surface area contributed by atoms with Crippen molar-refractivity contribution in [1.29, 1.82) is 0 Å². The summed E-state index contributed by atoms with van der Waals surface area (Å²) in [5.41, 5.74) is -0.0203. The van der Waals surface area contributed by atoms with Crippen molar-refractivity contribution < 1.29 is 8.42 Å². The van der Waals surface area contributed by atoms with Crippen molar-refractivity contribution in [3.05, 3.63) is 0 Å². The SMILES string of the molecule is CC(C1(C)CC1)S(N)(=O)=O. The fourth-order valence-electron chi connectivity index (χ4n) is 1.00. The van der Waals surface area contributed by atoms with Gasteiger partial charge in [0, 0.05) is 0 Å². The Morgan fingerprint density at radius 2 is 1.90 bits per heavy atom. The van der Waals surface area contributed by atoms with Gasteiger partial charge in [-0.15, -0.1) is 0 Å². The van der Waals surface area contributed by atoms with E-state index in [0.29, 0.717) is 0 Å². The van der Waals surface area contributed by atoms with Crippen LogP contribution in [0.5, 0.6) is 0 Å². The monoisotopic (exact) mass is 163 g/mol. The van der Waals surface area contributed by atoms with Gasteiger partial charge in [0.1, 0.15) is 0 Å². The zero-order valence-electron chi connectivity index (χ0n) is 6.29. The van der Waals surface area contributed by atoms with Gasteiger partial charge in [0.15, 0.2) is 0 Å². The Morgan fingerprint density at radius 3 is 2.00 bits per heavy atom. The summed E-state index contributed by atoms with van der Waals surface area (Å²) >= 11 is 0. The minimum Gasteiger partial charge on any atom is -0.228 e. The maximum atomic E-state index is 10.8. The molecule has 0 aromatic rings. The molecule has 0 aliphatic heterocycles. The second kappa shape index (κ2) is 1.95. The van der Waals surface area contributed by atoms with Crippen LogP contribution in [-0.2, 0) is 10.0 Å². The molecule has 0 radical (unpaired) electrons. The first kappa shape index (κ1) is 8.01. The molecule has 1 saturated carbocycles. The standard InChI is InChI=1S/C6H13NO2S/c1-5(10(7,8)9)6(2)3-4-6/h5H,3-4H2,1-2H3,(H2,7,8,9). The number of rotatable bonds is 2. The lowest BCUT2D eigenvalue weighted by Crippen LogP contribution is -2.32. The van der Waals surface area contributed by atoms with Crippen molar-refractivity contribution in [2.24, 2.45) is 10.6 Å². The molecule has 0 bridgehead atoms. The maximum Gasteiger partial charge on any atom is 0.212 e. The van der Waals surface area contributed by atoms with Crippen LogP contribution in [0.1, 0.15) is 26.7 Å². The van der Waals surface area contributed by atoms with Crippen LogP contribution in [0.15, 0.2) is 0 Å². The Bertz CT molecular complexity index is 228. The highest BCUT2D eigenvalue weighted by molar-refractivity contribution is 7.89. The number of hydrogen-bond acceptors (Lipinski definition) is 2. The summed E-state index contributed by atoms with van der Waals surface area (Å²) in [4.78, 5) is 0. The molecule has 1 atom stereocenters. The second-order valence-corrected chi connectivity index (χ2v) is 5.27. The molecular weight excluding hydrogens is 150 g/mol. The van der Waals surface area contributed by atoms with E-state index in [2.05, 4.69) is 0 Å². The van der Waals surface area contributed by atoms with Crippen LogP contribution < -0.4 is 5.14 Å². The molecule has 0 aromatic carbocycles. The van der Waals surface area contributed by atoms with E-state index in [9.17, 15) is 8.42 Å². The third-order valence-electron chi connectivity index (χ3n) is 2.51. The average Bonchev–Trinajstić information content (AvgIpc) is 2.45. The fourth-order valence-corrected chi connectivity index (χ4v) is 2.03. The zero-order valence-corrected chi connectivity index (χ0v) is 7.11. The molecule has 1 rings (SSSR count). The van der Waals surface area contributed by atoms with Gasteiger partial charge in [-0.05, 0) is 25.2 Å². The van der Waals surface area contributed by atoms with Crippen molar-refractivity contribution in [2.45, 2.75) is 31.9 Å². The number of hydrogen-bond donors (Lipinski definition) is 1. The third-order valence-corrected chi connectivity index (χ3v) is 4.07. The minimum absolute atomic E-state index is 0.0203. The number of sulfonamides is 1. The first-order chi connectivity index (χ1) is 4.36. The van der Waals surface area contributed by atoms with E-state index in [1.807, 2.05) is 6.92 Å². The molecule has 1 aliphatic carbocycles. The van der Waals surface area contributed by atoms with Gasteiger partial charge in [0.05, 0.1) is 5.25 Å². The van der Waals surface area contributed by atoms with E-state index < -0.39 is 10.0 Å². The highest BCUT2D eigenvalue weighted by Crippen LogP contribution is 2.49. The van der Waals surface area contributed by atoms with Crippen LogP contribution in [0.3, 0.4) is 0 Å². The van der Waals surface area contributed by atoms with Crippen LogP contribution in [0.4, 0.5) is 0 Å². The smallest absolute Gasteiger partial charge is 0.212 e. The van der Waals surface area contributed by atoms with Gasteiger partial charge in [-0.1, -0.05) is 6.92 Å². The van der Waals surface area contributed by atoms with E-state index >= 15 is 0 Å². The Kier molecular flexibility index (Phi) is 1.56. The summed E-state index contributed by atoms with van der Waals surface area (Å²) in [7, 11) is -3.30. The average molecular weight is 163 g/mol. The van der Waals surface area contributed by atoms with Crippen molar-refractivity contribution in [1.82, 2.24) is 0 Å². The molecule has 3 nitrogen and oxygen atoms in total. The summed E-state index contributed by atoms with van der Waals surface area (Å²) in [6.07, 6.45) is 1.98. The molecule has 1 aliphatic rings. The predicted molar refractivity (Wildman–Crippen MR) is 39.9 cm³/mol. The molecule has 0 saturated heterocycles. The molecule has 2 N–H and O–H groups in total. The topological polar surface area (TPSA) is 60.2 Å². The molecule has 60 valence electrons. The van der Waals surface area contributed by atoms with E-state index in [1.54, 1.807) is 6.92 Å². The van der Waals surface area contributed by atoms with Gasteiger partial charge in [-0.25, -0.2) is 13.6 Å². The summed E-state index contributed by atoms with van der Waals surface area (Å²) in [5, 5.41) is 4.60. The Morgan fingerprint density at radius 1 is 1.50 bits per heavy atom. The molecule has 10 heavy (non-hydrogen) atoms. The first-order valence-corrected chi connectivity index (χ1v) is 4.99. The highest BCUT2D eigenvalue weighted by Gasteiger charge is 2.47. The summed E-state index contributed by atoms with van der Waals surface area (Å²) in [6.45, 7) is 3.64. The van der Waals surface area contributed by atoms with E-state index in [1.165, 1.54) is 0 Å². The Balaban J connectivity index is 2.76. The van der Waals surface area contributed by atoms with Crippen molar-refractivity contribution in [2.75, 3.05) is 0 Å². The normalized spacial score (nSPS) is 25.9. The third kappa shape index (κ3) is 1.32. The van der Waals surface area contributed by atoms with Crippen LogP contribution in [-0.4, -0.2) is 13.7 Å². The van der Waals surface area contributed by atoms with Crippen molar-refractivity contribution in [3.63, 3.8) is 0 Å². The lowest BCUT2D eigenvalue weighted by molar-refractivity contribution is 0.511. The van der Waals surface area contributed by atoms with Gasteiger partial charge in [0.2, 0.25) is 10.0 Å². The van der Waals surface area contributed by atoms with Crippen LogP contribution >= 0.6 is 0 Å². The first-order valence-electron chi connectivity index (χ1n) is 3.38. The largest absolute Gasteiger partial charge is 0.228 e. The maximum absolute atomic E-state index is 10.8. The van der Waals surface area contributed by atoms with Crippen molar-refractivity contribution in [3.8, 4) is 0 Å². The molecule has 0 spiro atoms. The van der Waals surface area contributed by atoms with Gasteiger partial charge >= 0.3 is 0 Å². The lowest BCUT2D eigenvalue weighted by Gasteiger charge is -2.15. The lowest BCUT2D eigenvalue weighted by atomic mass is 10.1. The molecule has 0 heterocycles. The second-order valence-electron chi connectivity index (χ2n) is 3.39.